The Morgan fingerprint density at radius 1 is 1.22 bits per heavy atom. The number of halogens is 1. The van der Waals surface area contributed by atoms with Crippen LogP contribution in [0.5, 0.6) is 0 Å². The monoisotopic (exact) mass is 403 g/mol. The lowest BCUT2D eigenvalue weighted by molar-refractivity contribution is -0.134. The minimum atomic E-state index is -0.151. The van der Waals surface area contributed by atoms with Crippen molar-refractivity contribution in [2.75, 3.05) is 26.3 Å². The number of amides is 1. The molecule has 1 unspecified atom stereocenters. The Bertz CT molecular complexity index is 828. The van der Waals surface area contributed by atoms with Gasteiger partial charge >= 0.3 is 0 Å². The maximum atomic E-state index is 12.6. The van der Waals surface area contributed by atoms with Crippen molar-refractivity contribution in [2.24, 2.45) is 5.92 Å². The quantitative estimate of drug-likeness (QED) is 0.695. The van der Waals surface area contributed by atoms with Crippen LogP contribution >= 0.6 is 22.9 Å². The smallest absolute Gasteiger partial charge is 0.246 e. The van der Waals surface area contributed by atoms with E-state index in [-0.39, 0.29) is 18.1 Å². The van der Waals surface area contributed by atoms with Crippen LogP contribution in [0.2, 0.25) is 5.02 Å². The molecule has 2 aliphatic rings. The molecule has 4 rings (SSSR count). The largest absolute Gasteiger partial charge is 0.350 e. The molecule has 4 nitrogen and oxygen atoms in total. The van der Waals surface area contributed by atoms with Crippen LogP contribution in [0.25, 0.3) is 16.5 Å². The molecule has 3 heterocycles. The standard InChI is InChI=1S/C21H22ClNO3S/c22-17-5-1-3-15(13-17)19-8-6-18(27-19)7-9-20(24)23-10-2-4-16(14-23)21-25-11-12-26-21/h1,3,5-9,13,16,21H,2,4,10-12,14H2/b9-7+. The van der Waals surface area contributed by atoms with Gasteiger partial charge in [-0.2, -0.15) is 0 Å². The number of benzene rings is 1. The van der Waals surface area contributed by atoms with Gasteiger partial charge in [-0.25, -0.2) is 0 Å². The molecule has 0 spiro atoms. The van der Waals surface area contributed by atoms with Crippen molar-refractivity contribution in [1.82, 2.24) is 4.90 Å². The molecule has 1 aromatic heterocycles. The fourth-order valence-corrected chi connectivity index (χ4v) is 4.68. The molecule has 0 N–H and O–H groups in total. The lowest BCUT2D eigenvalue weighted by atomic mass is 9.97. The topological polar surface area (TPSA) is 38.8 Å². The van der Waals surface area contributed by atoms with Crippen LogP contribution in [0.4, 0.5) is 0 Å². The molecule has 0 bridgehead atoms. The van der Waals surface area contributed by atoms with Crippen LogP contribution in [0.3, 0.4) is 0 Å². The number of hydrogen-bond acceptors (Lipinski definition) is 4. The number of carbonyl (C=O) groups excluding carboxylic acids is 1. The molecule has 1 atom stereocenters. The number of ether oxygens (including phenoxy) is 2. The summed E-state index contributed by atoms with van der Waals surface area (Å²) in [6, 6.07) is 11.9. The zero-order valence-corrected chi connectivity index (χ0v) is 16.5. The van der Waals surface area contributed by atoms with Crippen molar-refractivity contribution >= 4 is 34.9 Å². The number of nitrogens with zero attached hydrogens (tertiary/aromatic N) is 1. The molecule has 0 radical (unpaired) electrons. The molecule has 2 aliphatic heterocycles. The third kappa shape index (κ3) is 4.61. The highest BCUT2D eigenvalue weighted by Gasteiger charge is 2.32. The maximum Gasteiger partial charge on any atom is 0.246 e. The third-order valence-corrected chi connectivity index (χ3v) is 6.26. The zero-order chi connectivity index (χ0) is 18.6. The average molecular weight is 404 g/mol. The van der Waals surface area contributed by atoms with E-state index in [9.17, 15) is 4.79 Å². The fraction of sp³-hybridized carbons (Fsp3) is 0.381. The number of likely N-dealkylation sites (tertiary alicyclic amines) is 1. The number of thiophene rings is 1. The number of carbonyl (C=O) groups is 1. The zero-order valence-electron chi connectivity index (χ0n) is 15.0. The predicted octanol–water partition coefficient (Wildman–Crippen LogP) is 4.69. The molecular formula is C21H22ClNO3S. The second kappa shape index (κ2) is 8.57. The van der Waals surface area contributed by atoms with Crippen LogP contribution in [0.15, 0.2) is 42.5 Å². The first-order valence-electron chi connectivity index (χ1n) is 9.25. The Morgan fingerprint density at radius 3 is 2.89 bits per heavy atom. The summed E-state index contributed by atoms with van der Waals surface area (Å²) in [5.41, 5.74) is 1.09. The minimum absolute atomic E-state index is 0.0513. The SMILES string of the molecule is O=C(/C=C/c1ccc(-c2cccc(Cl)c2)s1)N1CCCC(C2OCCO2)C1. The van der Waals surface area contributed by atoms with Crippen LogP contribution in [0, 0.1) is 5.92 Å². The van der Waals surface area contributed by atoms with Crippen molar-refractivity contribution in [3.63, 3.8) is 0 Å². The Hall–Kier alpha value is -1.66. The van der Waals surface area contributed by atoms with Gasteiger partial charge in [0.2, 0.25) is 5.91 Å². The van der Waals surface area contributed by atoms with E-state index in [4.69, 9.17) is 21.1 Å². The molecule has 1 amide bonds. The van der Waals surface area contributed by atoms with Crippen molar-refractivity contribution in [2.45, 2.75) is 19.1 Å². The van der Waals surface area contributed by atoms with Gasteiger partial charge in [0.05, 0.1) is 13.2 Å². The summed E-state index contributed by atoms with van der Waals surface area (Å²) in [6.45, 7) is 2.81. The Morgan fingerprint density at radius 2 is 2.07 bits per heavy atom. The van der Waals surface area contributed by atoms with E-state index in [2.05, 4.69) is 6.07 Å². The Labute approximate surface area is 168 Å². The number of piperidine rings is 1. The summed E-state index contributed by atoms with van der Waals surface area (Å²) in [7, 11) is 0. The summed E-state index contributed by atoms with van der Waals surface area (Å²) in [5.74, 6) is 0.324. The molecular weight excluding hydrogens is 382 g/mol. The average Bonchev–Trinajstić information content (AvgIpc) is 3.38. The summed E-state index contributed by atoms with van der Waals surface area (Å²) in [5, 5.41) is 0.725. The van der Waals surface area contributed by atoms with E-state index < -0.39 is 0 Å². The van der Waals surface area contributed by atoms with Gasteiger partial charge in [0, 0.05) is 39.9 Å². The summed E-state index contributed by atoms with van der Waals surface area (Å²) < 4.78 is 11.2. The van der Waals surface area contributed by atoms with Gasteiger partial charge in [-0.15, -0.1) is 11.3 Å². The Balaban J connectivity index is 1.38. The molecule has 6 heteroatoms. The first-order chi connectivity index (χ1) is 13.2. The van der Waals surface area contributed by atoms with E-state index >= 15 is 0 Å². The second-order valence-corrected chi connectivity index (χ2v) is 8.39. The molecule has 2 fully saturated rings. The normalized spacial score (nSPS) is 21.2. The number of rotatable bonds is 4. The highest BCUT2D eigenvalue weighted by atomic mass is 35.5. The van der Waals surface area contributed by atoms with E-state index in [0.29, 0.717) is 19.8 Å². The lowest BCUT2D eigenvalue weighted by Crippen LogP contribution is -2.43. The predicted molar refractivity (Wildman–Crippen MR) is 109 cm³/mol. The first-order valence-corrected chi connectivity index (χ1v) is 10.4. The van der Waals surface area contributed by atoms with Gasteiger partial charge in [-0.1, -0.05) is 23.7 Å². The van der Waals surface area contributed by atoms with Gasteiger partial charge in [-0.3, -0.25) is 4.79 Å². The maximum absolute atomic E-state index is 12.6. The fourth-order valence-electron chi connectivity index (χ4n) is 3.58. The van der Waals surface area contributed by atoms with Crippen molar-refractivity contribution in [3.8, 4) is 10.4 Å². The van der Waals surface area contributed by atoms with Crippen LogP contribution in [-0.2, 0) is 14.3 Å². The molecule has 2 saturated heterocycles. The van der Waals surface area contributed by atoms with Gasteiger partial charge in [-0.05, 0) is 48.7 Å². The first kappa shape index (κ1) is 18.7. The highest BCUT2D eigenvalue weighted by molar-refractivity contribution is 7.16. The second-order valence-electron chi connectivity index (χ2n) is 6.84. The number of hydrogen-bond donors (Lipinski definition) is 0. The summed E-state index contributed by atoms with van der Waals surface area (Å²) in [6.07, 6.45) is 5.46. The summed E-state index contributed by atoms with van der Waals surface area (Å²) in [4.78, 5) is 16.7. The molecule has 1 aromatic carbocycles. The van der Waals surface area contributed by atoms with Gasteiger partial charge in [0.15, 0.2) is 6.29 Å². The van der Waals surface area contributed by atoms with Gasteiger partial charge < -0.3 is 14.4 Å². The molecule has 0 aliphatic carbocycles. The third-order valence-electron chi connectivity index (χ3n) is 4.93. The van der Waals surface area contributed by atoms with Crippen LogP contribution in [0.1, 0.15) is 17.7 Å². The van der Waals surface area contributed by atoms with E-state index in [0.717, 1.165) is 39.7 Å². The van der Waals surface area contributed by atoms with Crippen LogP contribution in [-0.4, -0.2) is 43.4 Å². The van der Waals surface area contributed by atoms with E-state index in [1.807, 2.05) is 41.3 Å². The molecule has 0 saturated carbocycles. The highest BCUT2D eigenvalue weighted by Crippen LogP contribution is 2.30. The van der Waals surface area contributed by atoms with E-state index in [1.165, 1.54) is 0 Å². The van der Waals surface area contributed by atoms with Crippen molar-refractivity contribution in [3.05, 3.63) is 52.4 Å². The van der Waals surface area contributed by atoms with Gasteiger partial charge in [0.1, 0.15) is 0 Å². The van der Waals surface area contributed by atoms with Crippen LogP contribution < -0.4 is 0 Å². The minimum Gasteiger partial charge on any atom is -0.350 e. The van der Waals surface area contributed by atoms with Crippen molar-refractivity contribution < 1.29 is 14.3 Å². The van der Waals surface area contributed by atoms with Gasteiger partial charge in [0.25, 0.3) is 0 Å². The molecule has 142 valence electrons. The van der Waals surface area contributed by atoms with E-state index in [1.54, 1.807) is 17.4 Å². The molecule has 27 heavy (non-hydrogen) atoms. The van der Waals surface area contributed by atoms with Crippen molar-refractivity contribution in [1.29, 1.82) is 0 Å². The summed E-state index contributed by atoms with van der Waals surface area (Å²) >= 11 is 7.72. The lowest BCUT2D eigenvalue weighted by Gasteiger charge is -2.34. The Kier molecular flexibility index (Phi) is 5.93. The molecule has 2 aromatic rings.